The fourth-order valence-electron chi connectivity index (χ4n) is 1.54. The van der Waals surface area contributed by atoms with Crippen molar-refractivity contribution in [3.63, 3.8) is 0 Å². The highest BCUT2D eigenvalue weighted by Gasteiger charge is 2.17. The molecule has 0 aliphatic carbocycles. The summed E-state index contributed by atoms with van der Waals surface area (Å²) in [6.07, 6.45) is 0. The molecule has 0 saturated heterocycles. The van der Waals surface area contributed by atoms with Crippen molar-refractivity contribution in [2.75, 3.05) is 6.54 Å². The highest BCUT2D eigenvalue weighted by atomic mass is 16.5. The summed E-state index contributed by atoms with van der Waals surface area (Å²) < 4.78 is 7.84. The second kappa shape index (κ2) is 3.90. The molecule has 0 saturated carbocycles. The molecule has 0 radical (unpaired) electrons. The van der Waals surface area contributed by atoms with Crippen LogP contribution in [0.1, 0.15) is 32.4 Å². The van der Waals surface area contributed by atoms with Crippen molar-refractivity contribution < 1.29 is 4.74 Å². The van der Waals surface area contributed by atoms with Crippen LogP contribution in [0.5, 0.6) is 0 Å². The van der Waals surface area contributed by atoms with Crippen molar-refractivity contribution in [2.45, 2.75) is 46.1 Å². The van der Waals surface area contributed by atoms with Gasteiger partial charge in [-0.3, -0.25) is 0 Å². The van der Waals surface area contributed by atoms with Crippen LogP contribution < -0.4 is 5.32 Å². The normalized spacial score (nSPS) is 16.5. The lowest BCUT2D eigenvalue weighted by Gasteiger charge is -2.20. The molecule has 1 N–H and O–H groups in total. The summed E-state index contributed by atoms with van der Waals surface area (Å²) in [5.41, 5.74) is -0.126. The van der Waals surface area contributed by atoms with Crippen LogP contribution >= 0.6 is 0 Å². The van der Waals surface area contributed by atoms with Gasteiger partial charge in [0.2, 0.25) is 0 Å². The molecule has 5 heteroatoms. The van der Waals surface area contributed by atoms with Crippen molar-refractivity contribution in [2.24, 2.45) is 0 Å². The molecule has 2 rings (SSSR count). The fourth-order valence-corrected chi connectivity index (χ4v) is 1.54. The Morgan fingerprint density at radius 3 is 2.93 bits per heavy atom. The average molecular weight is 210 g/mol. The Balaban J connectivity index is 2.06. The predicted octanol–water partition coefficient (Wildman–Crippen LogP) is 0.696. The maximum absolute atomic E-state index is 5.70. The minimum absolute atomic E-state index is 0.126. The summed E-state index contributed by atoms with van der Waals surface area (Å²) in [6, 6.07) is 0. The van der Waals surface area contributed by atoms with Gasteiger partial charge >= 0.3 is 0 Å². The second-order valence-corrected chi connectivity index (χ2v) is 4.76. The van der Waals surface area contributed by atoms with Gasteiger partial charge in [0.25, 0.3) is 0 Å². The Kier molecular flexibility index (Phi) is 2.75. The van der Waals surface area contributed by atoms with E-state index in [0.29, 0.717) is 6.61 Å². The van der Waals surface area contributed by atoms with E-state index in [9.17, 15) is 0 Å². The Bertz CT molecular complexity index is 340. The van der Waals surface area contributed by atoms with Gasteiger partial charge in [0.15, 0.2) is 5.82 Å². The smallest absolute Gasteiger partial charge is 0.159 e. The molecule has 0 amide bonds. The number of aromatic nitrogens is 3. The van der Waals surface area contributed by atoms with Gasteiger partial charge < -0.3 is 14.6 Å². The van der Waals surface area contributed by atoms with E-state index in [0.717, 1.165) is 31.3 Å². The molecular formula is C10H18N4O. The van der Waals surface area contributed by atoms with Crippen LogP contribution in [0.3, 0.4) is 0 Å². The van der Waals surface area contributed by atoms with Crippen LogP contribution in [0.4, 0.5) is 0 Å². The van der Waals surface area contributed by atoms with E-state index in [1.54, 1.807) is 0 Å². The standard InChI is InChI=1S/C10H18N4O/c1-10(2,3)15-7-9-13-12-8-6-11-4-5-14(8)9/h11H,4-7H2,1-3H3. The van der Waals surface area contributed by atoms with Crippen molar-refractivity contribution >= 4 is 0 Å². The number of hydrogen-bond acceptors (Lipinski definition) is 4. The van der Waals surface area contributed by atoms with E-state index in [1.807, 2.05) is 20.8 Å². The summed E-state index contributed by atoms with van der Waals surface area (Å²) in [6.45, 7) is 9.39. The van der Waals surface area contributed by atoms with E-state index in [1.165, 1.54) is 0 Å². The van der Waals surface area contributed by atoms with Crippen LogP contribution in [0.15, 0.2) is 0 Å². The topological polar surface area (TPSA) is 52.0 Å². The van der Waals surface area contributed by atoms with Crippen LogP contribution in [0.2, 0.25) is 0 Å². The molecular weight excluding hydrogens is 192 g/mol. The highest BCUT2D eigenvalue weighted by Crippen LogP contribution is 2.12. The van der Waals surface area contributed by atoms with Gasteiger partial charge in [0.1, 0.15) is 12.4 Å². The molecule has 0 bridgehead atoms. The first kappa shape index (κ1) is 10.6. The third-order valence-electron chi connectivity index (χ3n) is 2.33. The lowest BCUT2D eigenvalue weighted by Crippen LogP contribution is -2.29. The van der Waals surface area contributed by atoms with Crippen molar-refractivity contribution in [3.8, 4) is 0 Å². The van der Waals surface area contributed by atoms with Gasteiger partial charge in [-0.1, -0.05) is 0 Å². The average Bonchev–Trinajstić information content (AvgIpc) is 2.57. The summed E-state index contributed by atoms with van der Waals surface area (Å²) in [5.74, 6) is 1.94. The van der Waals surface area contributed by atoms with Crippen LogP contribution in [0.25, 0.3) is 0 Å². The van der Waals surface area contributed by atoms with Gasteiger partial charge in [-0.2, -0.15) is 0 Å². The maximum atomic E-state index is 5.70. The molecule has 84 valence electrons. The summed E-state index contributed by atoms with van der Waals surface area (Å²) in [4.78, 5) is 0. The number of ether oxygens (including phenoxy) is 1. The predicted molar refractivity (Wildman–Crippen MR) is 56.3 cm³/mol. The number of nitrogens with zero attached hydrogens (tertiary/aromatic N) is 3. The first-order valence-electron chi connectivity index (χ1n) is 5.32. The van der Waals surface area contributed by atoms with E-state index in [4.69, 9.17) is 4.74 Å². The number of fused-ring (bicyclic) bond motifs is 1. The lowest BCUT2D eigenvalue weighted by molar-refractivity contribution is -0.0195. The fraction of sp³-hybridized carbons (Fsp3) is 0.800. The summed E-state index contributed by atoms with van der Waals surface area (Å²) in [7, 11) is 0. The molecule has 0 fully saturated rings. The molecule has 0 aromatic carbocycles. The van der Waals surface area contributed by atoms with Gasteiger partial charge in [0, 0.05) is 13.1 Å². The largest absolute Gasteiger partial charge is 0.368 e. The zero-order valence-corrected chi connectivity index (χ0v) is 9.58. The molecule has 1 aliphatic heterocycles. The Hall–Kier alpha value is -0.940. The SMILES string of the molecule is CC(C)(C)OCc1nnc2n1CCNC2. The molecule has 5 nitrogen and oxygen atoms in total. The van der Waals surface area contributed by atoms with Crippen LogP contribution in [0, 0.1) is 0 Å². The Morgan fingerprint density at radius 1 is 1.40 bits per heavy atom. The minimum Gasteiger partial charge on any atom is -0.368 e. The molecule has 15 heavy (non-hydrogen) atoms. The van der Waals surface area contributed by atoms with Crippen molar-refractivity contribution in [1.82, 2.24) is 20.1 Å². The first-order valence-corrected chi connectivity index (χ1v) is 5.32. The molecule has 0 unspecified atom stereocenters. The number of nitrogens with one attached hydrogen (secondary N) is 1. The summed E-state index contributed by atoms with van der Waals surface area (Å²) in [5, 5.41) is 11.5. The number of hydrogen-bond donors (Lipinski definition) is 1. The monoisotopic (exact) mass is 210 g/mol. The van der Waals surface area contributed by atoms with Crippen LogP contribution in [-0.4, -0.2) is 26.9 Å². The zero-order valence-electron chi connectivity index (χ0n) is 9.58. The molecule has 0 atom stereocenters. The number of rotatable bonds is 2. The Morgan fingerprint density at radius 2 is 2.20 bits per heavy atom. The van der Waals surface area contributed by atoms with E-state index >= 15 is 0 Å². The molecule has 2 heterocycles. The zero-order chi connectivity index (χ0) is 10.9. The molecule has 1 aliphatic rings. The maximum Gasteiger partial charge on any atom is 0.159 e. The van der Waals surface area contributed by atoms with E-state index in [-0.39, 0.29) is 5.60 Å². The third kappa shape index (κ3) is 2.54. The van der Waals surface area contributed by atoms with Crippen LogP contribution in [-0.2, 0) is 24.4 Å². The van der Waals surface area contributed by atoms with Gasteiger partial charge in [-0.05, 0) is 20.8 Å². The van der Waals surface area contributed by atoms with Gasteiger partial charge in [-0.25, -0.2) is 0 Å². The summed E-state index contributed by atoms with van der Waals surface area (Å²) >= 11 is 0. The molecule has 0 spiro atoms. The van der Waals surface area contributed by atoms with E-state index < -0.39 is 0 Å². The molecule has 1 aromatic heterocycles. The second-order valence-electron chi connectivity index (χ2n) is 4.76. The Labute approximate surface area is 89.8 Å². The van der Waals surface area contributed by atoms with Gasteiger partial charge in [-0.15, -0.1) is 10.2 Å². The highest BCUT2D eigenvalue weighted by molar-refractivity contribution is 4.97. The first-order chi connectivity index (χ1) is 7.06. The molecule has 1 aromatic rings. The third-order valence-corrected chi connectivity index (χ3v) is 2.33. The van der Waals surface area contributed by atoms with Gasteiger partial charge in [0.05, 0.1) is 12.1 Å². The van der Waals surface area contributed by atoms with E-state index in [2.05, 4.69) is 20.1 Å². The van der Waals surface area contributed by atoms with Crippen molar-refractivity contribution in [3.05, 3.63) is 11.6 Å². The lowest BCUT2D eigenvalue weighted by atomic mass is 10.2. The quantitative estimate of drug-likeness (QED) is 0.780. The van der Waals surface area contributed by atoms with Crippen molar-refractivity contribution in [1.29, 1.82) is 0 Å². The minimum atomic E-state index is -0.126.